The number of carbonyl (C=O) groups excluding carboxylic acids is 1. The fourth-order valence-corrected chi connectivity index (χ4v) is 5.18. The minimum absolute atomic E-state index is 0.0435. The van der Waals surface area contributed by atoms with Crippen LogP contribution in [-0.4, -0.2) is 104 Å². The van der Waals surface area contributed by atoms with E-state index in [1.165, 1.54) is 6.08 Å². The van der Waals surface area contributed by atoms with Crippen LogP contribution in [0.5, 0.6) is 5.75 Å². The van der Waals surface area contributed by atoms with Crippen molar-refractivity contribution in [1.29, 1.82) is 0 Å². The monoisotopic (exact) mass is 584 g/mol. The third-order valence-corrected chi connectivity index (χ3v) is 7.40. The quantitative estimate of drug-likeness (QED) is 0.303. The molecule has 11 nitrogen and oxygen atoms in total. The number of pyridine rings is 1. The molecule has 41 heavy (non-hydrogen) atoms. The van der Waals surface area contributed by atoms with Crippen LogP contribution < -0.4 is 15.6 Å². The highest BCUT2D eigenvalue weighted by molar-refractivity contribution is 6.33. The van der Waals surface area contributed by atoms with Gasteiger partial charge in [-0.15, -0.1) is 0 Å². The van der Waals surface area contributed by atoms with Gasteiger partial charge in [-0.2, -0.15) is 4.98 Å². The predicted molar refractivity (Wildman–Crippen MR) is 160 cm³/mol. The summed E-state index contributed by atoms with van der Waals surface area (Å²) in [7, 11) is 4.80. The highest BCUT2D eigenvalue weighted by atomic mass is 35.5. The van der Waals surface area contributed by atoms with Crippen molar-refractivity contribution in [1.82, 2.24) is 24.3 Å². The first-order chi connectivity index (χ1) is 19.9. The second-order valence-electron chi connectivity index (χ2n) is 9.81. The van der Waals surface area contributed by atoms with Gasteiger partial charge in [0.15, 0.2) is 0 Å². The molecule has 0 bridgehead atoms. The highest BCUT2D eigenvalue weighted by Crippen LogP contribution is 2.31. The molecule has 0 atom stereocenters. The molecule has 0 unspecified atom stereocenters. The lowest BCUT2D eigenvalue weighted by atomic mass is 10.1. The van der Waals surface area contributed by atoms with Crippen LogP contribution in [0, 0.1) is 0 Å². The largest absolute Gasteiger partial charge is 0.497 e. The number of ether oxygens (including phenoxy) is 3. The van der Waals surface area contributed by atoms with Gasteiger partial charge in [-0.05, 0) is 43.3 Å². The molecule has 0 saturated carbocycles. The second kappa shape index (κ2) is 14.4. The summed E-state index contributed by atoms with van der Waals surface area (Å²) in [6.45, 7) is 8.44. The van der Waals surface area contributed by atoms with E-state index in [2.05, 4.69) is 21.8 Å². The van der Waals surface area contributed by atoms with Gasteiger partial charge in [-0.25, -0.2) is 4.98 Å². The third-order valence-electron chi connectivity index (χ3n) is 7.07. The zero-order chi connectivity index (χ0) is 29.4. The number of benzene rings is 1. The van der Waals surface area contributed by atoms with Crippen LogP contribution in [0.3, 0.4) is 0 Å². The number of amides is 1. The molecule has 0 aliphatic carbocycles. The van der Waals surface area contributed by atoms with Crippen molar-refractivity contribution in [2.75, 3.05) is 72.6 Å². The number of carbonyl (C=O) groups is 1. The first kappa shape index (κ1) is 30.4. The van der Waals surface area contributed by atoms with Crippen LogP contribution >= 0.6 is 11.6 Å². The number of rotatable bonds is 13. The Labute approximate surface area is 244 Å². The minimum atomic E-state index is -0.205. The van der Waals surface area contributed by atoms with Gasteiger partial charge in [-0.3, -0.25) is 19.1 Å². The molecule has 1 N–H and O–H groups in total. The minimum Gasteiger partial charge on any atom is -0.497 e. The summed E-state index contributed by atoms with van der Waals surface area (Å²) in [5, 5.41) is 4.39. The maximum absolute atomic E-state index is 14.0. The summed E-state index contributed by atoms with van der Waals surface area (Å²) in [4.78, 5) is 39.2. The standard InChI is InChI=1S/C29H37ClN6O5/c1-5-26(37)35-13-11-34(12-14-35)9-6-10-36-27-20(17-31-29(33-27)32-21(18-39-2)19-40-3)15-24(28(36)38)23-16-22(41-4)7-8-25(23)30/h5,7-8,15-17,21H,1,6,9-14,18-19H2,2-4H3,(H,31,32,33). The van der Waals surface area contributed by atoms with Gasteiger partial charge in [0.05, 0.1) is 26.4 Å². The van der Waals surface area contributed by atoms with Gasteiger partial charge in [0.2, 0.25) is 11.9 Å². The van der Waals surface area contributed by atoms with Gasteiger partial charge >= 0.3 is 0 Å². The Bertz CT molecular complexity index is 1420. The molecule has 12 heteroatoms. The SMILES string of the molecule is C=CC(=O)N1CCN(CCCn2c(=O)c(-c3cc(OC)ccc3Cl)cc3cnc(NC(COC)COC)nc32)CC1. The fourth-order valence-electron chi connectivity index (χ4n) is 4.96. The predicted octanol–water partition coefficient (Wildman–Crippen LogP) is 2.91. The molecule has 3 aromatic rings. The Kier molecular flexibility index (Phi) is 10.7. The molecule has 0 radical (unpaired) electrons. The number of nitrogens with zero attached hydrogens (tertiary/aromatic N) is 5. The maximum atomic E-state index is 14.0. The first-order valence-corrected chi connectivity index (χ1v) is 13.9. The summed E-state index contributed by atoms with van der Waals surface area (Å²) < 4.78 is 17.6. The summed E-state index contributed by atoms with van der Waals surface area (Å²) in [5.74, 6) is 0.931. The normalized spacial score (nSPS) is 14.0. The van der Waals surface area contributed by atoms with E-state index < -0.39 is 0 Å². The fraction of sp³-hybridized carbons (Fsp3) is 0.448. The number of aryl methyl sites for hydroxylation is 1. The number of hydrogen-bond donors (Lipinski definition) is 1. The summed E-state index contributed by atoms with van der Waals surface area (Å²) in [5.41, 5.74) is 1.34. The molecule has 2 aromatic heterocycles. The van der Waals surface area contributed by atoms with Crippen molar-refractivity contribution in [3.8, 4) is 16.9 Å². The maximum Gasteiger partial charge on any atom is 0.260 e. The van der Waals surface area contributed by atoms with E-state index in [-0.39, 0.29) is 17.5 Å². The molecule has 4 rings (SSSR count). The molecule has 1 amide bonds. The van der Waals surface area contributed by atoms with Gasteiger partial charge in [-0.1, -0.05) is 18.2 Å². The lowest BCUT2D eigenvalue weighted by molar-refractivity contribution is -0.127. The molecular formula is C29H37ClN6O5. The Morgan fingerprint density at radius 2 is 1.83 bits per heavy atom. The Hall–Kier alpha value is -3.51. The van der Waals surface area contributed by atoms with E-state index in [0.717, 1.165) is 19.6 Å². The zero-order valence-electron chi connectivity index (χ0n) is 23.8. The van der Waals surface area contributed by atoms with Gasteiger partial charge in [0.1, 0.15) is 11.4 Å². The number of aromatic nitrogens is 3. The van der Waals surface area contributed by atoms with Crippen LogP contribution in [-0.2, 0) is 20.8 Å². The molecule has 0 spiro atoms. The van der Waals surface area contributed by atoms with Crippen molar-refractivity contribution < 1.29 is 19.0 Å². The number of hydrogen-bond acceptors (Lipinski definition) is 9. The van der Waals surface area contributed by atoms with Gasteiger partial charge in [0.25, 0.3) is 5.56 Å². The summed E-state index contributed by atoms with van der Waals surface area (Å²) in [6.07, 6.45) is 3.76. The molecule has 1 fully saturated rings. The lowest BCUT2D eigenvalue weighted by Crippen LogP contribution is -2.48. The first-order valence-electron chi connectivity index (χ1n) is 13.5. The molecule has 1 aromatic carbocycles. The van der Waals surface area contributed by atoms with E-state index in [9.17, 15) is 9.59 Å². The van der Waals surface area contributed by atoms with E-state index in [1.54, 1.807) is 61.3 Å². The van der Waals surface area contributed by atoms with Gasteiger partial charge < -0.3 is 24.4 Å². The summed E-state index contributed by atoms with van der Waals surface area (Å²) >= 11 is 6.55. The average molecular weight is 585 g/mol. The third kappa shape index (κ3) is 7.42. The number of fused-ring (bicyclic) bond motifs is 1. The lowest BCUT2D eigenvalue weighted by Gasteiger charge is -2.34. The van der Waals surface area contributed by atoms with E-state index in [4.69, 9.17) is 30.8 Å². The van der Waals surface area contributed by atoms with Crippen LogP contribution in [0.15, 0.2) is 47.9 Å². The van der Waals surface area contributed by atoms with Crippen molar-refractivity contribution in [2.24, 2.45) is 0 Å². The number of halogens is 1. The number of anilines is 1. The molecule has 1 aliphatic heterocycles. The zero-order valence-corrected chi connectivity index (χ0v) is 24.5. The number of piperazine rings is 1. The summed E-state index contributed by atoms with van der Waals surface area (Å²) in [6, 6.07) is 6.84. The van der Waals surface area contributed by atoms with Crippen LogP contribution in [0.1, 0.15) is 6.42 Å². The van der Waals surface area contributed by atoms with Gasteiger partial charge in [0, 0.05) is 74.7 Å². The molecule has 220 valence electrons. The number of methoxy groups -OCH3 is 3. The molecule has 3 heterocycles. The van der Waals surface area contributed by atoms with E-state index in [1.807, 2.05) is 0 Å². The number of nitrogens with one attached hydrogen (secondary N) is 1. The highest BCUT2D eigenvalue weighted by Gasteiger charge is 2.20. The van der Waals surface area contributed by atoms with Crippen LogP contribution in [0.4, 0.5) is 5.95 Å². The molecule has 1 aliphatic rings. The van der Waals surface area contributed by atoms with Crippen molar-refractivity contribution >= 4 is 34.5 Å². The molecular weight excluding hydrogens is 548 g/mol. The average Bonchev–Trinajstić information content (AvgIpc) is 2.99. The van der Waals surface area contributed by atoms with Crippen molar-refractivity contribution in [3.63, 3.8) is 0 Å². The van der Waals surface area contributed by atoms with E-state index >= 15 is 0 Å². The van der Waals surface area contributed by atoms with E-state index in [0.29, 0.717) is 78.1 Å². The topological polar surface area (TPSA) is 111 Å². The Balaban J connectivity index is 1.65. The molecule has 1 saturated heterocycles. The smallest absolute Gasteiger partial charge is 0.260 e. The van der Waals surface area contributed by atoms with Crippen LogP contribution in [0.25, 0.3) is 22.2 Å². The second-order valence-corrected chi connectivity index (χ2v) is 10.2. The van der Waals surface area contributed by atoms with Crippen LogP contribution in [0.2, 0.25) is 5.02 Å². The van der Waals surface area contributed by atoms with Crippen molar-refractivity contribution in [2.45, 2.75) is 19.0 Å². The Morgan fingerprint density at radius 3 is 2.49 bits per heavy atom. The van der Waals surface area contributed by atoms with Crippen molar-refractivity contribution in [3.05, 3.63) is 58.5 Å². The Morgan fingerprint density at radius 1 is 1.10 bits per heavy atom.